The van der Waals surface area contributed by atoms with Crippen LogP contribution in [0.3, 0.4) is 0 Å². The number of aldehydes is 1. The Hall–Kier alpha value is -0.410. The molecule has 0 aliphatic carbocycles. The molecule has 1 heterocycles. The Morgan fingerprint density at radius 1 is 1.75 bits per heavy atom. The van der Waals surface area contributed by atoms with Gasteiger partial charge in [-0.3, -0.25) is 0 Å². The van der Waals surface area contributed by atoms with Crippen molar-refractivity contribution in [2.45, 2.75) is 18.9 Å². The molecule has 0 radical (unpaired) electrons. The van der Waals surface area contributed by atoms with E-state index in [-0.39, 0.29) is 6.04 Å². The van der Waals surface area contributed by atoms with Gasteiger partial charge in [-0.05, 0) is 12.8 Å². The first kappa shape index (κ1) is 5.72. The third-order valence-electron chi connectivity index (χ3n) is 1.16. The summed E-state index contributed by atoms with van der Waals surface area (Å²) in [4.78, 5) is 14.8. The maximum absolute atomic E-state index is 10.0. The second kappa shape index (κ2) is 2.79. The monoisotopic (exact) mass is 115 g/mol. The molecule has 0 spiro atoms. The van der Waals surface area contributed by atoms with E-state index in [1.807, 2.05) is 0 Å². The van der Waals surface area contributed by atoms with Gasteiger partial charge in [0, 0.05) is 0 Å². The van der Waals surface area contributed by atoms with E-state index in [0.717, 1.165) is 25.7 Å². The van der Waals surface area contributed by atoms with Gasteiger partial charge < -0.3 is 9.63 Å². The minimum absolute atomic E-state index is 0.0660. The average Bonchev–Trinajstić information content (AvgIpc) is 1.90. The lowest BCUT2D eigenvalue weighted by atomic mass is 10.2. The third kappa shape index (κ3) is 1.28. The van der Waals surface area contributed by atoms with E-state index in [4.69, 9.17) is 4.84 Å². The van der Waals surface area contributed by atoms with E-state index < -0.39 is 0 Å². The maximum Gasteiger partial charge on any atom is 0.139 e. The van der Waals surface area contributed by atoms with Crippen LogP contribution in [0.1, 0.15) is 12.8 Å². The molecule has 1 aliphatic heterocycles. The highest BCUT2D eigenvalue weighted by Crippen LogP contribution is 1.99. The maximum atomic E-state index is 10.0. The molecule has 1 unspecified atom stereocenters. The highest BCUT2D eigenvalue weighted by molar-refractivity contribution is 5.57. The summed E-state index contributed by atoms with van der Waals surface area (Å²) < 4.78 is 0. The minimum atomic E-state index is -0.0660. The van der Waals surface area contributed by atoms with Gasteiger partial charge in [0.1, 0.15) is 6.29 Å². The molecular formula is C5H9NO2. The van der Waals surface area contributed by atoms with Gasteiger partial charge in [-0.25, -0.2) is 0 Å². The molecule has 3 nitrogen and oxygen atoms in total. The lowest BCUT2D eigenvalue weighted by molar-refractivity contribution is -0.116. The molecule has 8 heavy (non-hydrogen) atoms. The quantitative estimate of drug-likeness (QED) is 0.484. The predicted octanol–water partition coefficient (Wildman–Crippen LogP) is -0.131. The van der Waals surface area contributed by atoms with Crippen molar-refractivity contribution in [3.05, 3.63) is 0 Å². The summed E-state index contributed by atoms with van der Waals surface area (Å²) in [5.74, 6) is 0. The van der Waals surface area contributed by atoms with E-state index in [2.05, 4.69) is 5.48 Å². The molecule has 1 saturated heterocycles. The number of carbonyl (C=O) groups excluding carboxylic acids is 1. The Morgan fingerprint density at radius 3 is 3.00 bits per heavy atom. The Balaban J connectivity index is 2.22. The Kier molecular flexibility index (Phi) is 2.00. The van der Waals surface area contributed by atoms with Crippen molar-refractivity contribution < 1.29 is 9.63 Å². The second-order valence-electron chi connectivity index (χ2n) is 1.85. The van der Waals surface area contributed by atoms with Crippen molar-refractivity contribution in [1.29, 1.82) is 0 Å². The first-order chi connectivity index (χ1) is 3.93. The summed E-state index contributed by atoms with van der Waals surface area (Å²) in [6.45, 7) is 0.727. The van der Waals surface area contributed by atoms with Crippen molar-refractivity contribution in [3.63, 3.8) is 0 Å². The van der Waals surface area contributed by atoms with Gasteiger partial charge in [0.15, 0.2) is 0 Å². The molecule has 1 N–H and O–H groups in total. The van der Waals surface area contributed by atoms with Crippen LogP contribution in [0.15, 0.2) is 0 Å². The smallest absolute Gasteiger partial charge is 0.139 e. The average molecular weight is 115 g/mol. The van der Waals surface area contributed by atoms with Gasteiger partial charge >= 0.3 is 0 Å². The molecule has 0 saturated carbocycles. The SMILES string of the molecule is O=CC1CCCON1. The van der Waals surface area contributed by atoms with Gasteiger partial charge in [0.05, 0.1) is 12.6 Å². The summed E-state index contributed by atoms with van der Waals surface area (Å²) in [6.07, 6.45) is 2.76. The van der Waals surface area contributed by atoms with Crippen LogP contribution in [-0.2, 0) is 9.63 Å². The number of carbonyl (C=O) groups is 1. The second-order valence-corrected chi connectivity index (χ2v) is 1.85. The molecule has 0 aromatic carbocycles. The zero-order valence-corrected chi connectivity index (χ0v) is 4.59. The molecule has 46 valence electrons. The minimum Gasteiger partial charge on any atom is -0.302 e. The molecule has 0 bridgehead atoms. The lowest BCUT2D eigenvalue weighted by Crippen LogP contribution is -2.35. The van der Waals surface area contributed by atoms with E-state index in [0.29, 0.717) is 0 Å². The van der Waals surface area contributed by atoms with Gasteiger partial charge in [-0.15, -0.1) is 0 Å². The molecule has 1 rings (SSSR count). The zero-order chi connectivity index (χ0) is 5.82. The first-order valence-corrected chi connectivity index (χ1v) is 2.76. The van der Waals surface area contributed by atoms with Crippen LogP contribution in [0.25, 0.3) is 0 Å². The van der Waals surface area contributed by atoms with Crippen LogP contribution < -0.4 is 5.48 Å². The van der Waals surface area contributed by atoms with Crippen LogP contribution in [0.2, 0.25) is 0 Å². The van der Waals surface area contributed by atoms with E-state index in [9.17, 15) is 4.79 Å². The normalized spacial score (nSPS) is 29.8. The number of hydrogen-bond donors (Lipinski definition) is 1. The topological polar surface area (TPSA) is 38.3 Å². The van der Waals surface area contributed by atoms with Crippen molar-refractivity contribution >= 4 is 6.29 Å². The Bertz CT molecular complexity index is 78.5. The van der Waals surface area contributed by atoms with Crippen molar-refractivity contribution in [3.8, 4) is 0 Å². The third-order valence-corrected chi connectivity index (χ3v) is 1.16. The van der Waals surface area contributed by atoms with Crippen LogP contribution in [0.4, 0.5) is 0 Å². The fraction of sp³-hybridized carbons (Fsp3) is 0.800. The van der Waals surface area contributed by atoms with E-state index in [1.54, 1.807) is 0 Å². The molecule has 0 amide bonds. The predicted molar refractivity (Wildman–Crippen MR) is 28.2 cm³/mol. The molecule has 0 aromatic rings. The number of rotatable bonds is 1. The largest absolute Gasteiger partial charge is 0.302 e. The van der Waals surface area contributed by atoms with Gasteiger partial charge in [0.25, 0.3) is 0 Å². The molecule has 1 fully saturated rings. The molecule has 1 aliphatic rings. The Morgan fingerprint density at radius 2 is 2.62 bits per heavy atom. The van der Waals surface area contributed by atoms with Crippen molar-refractivity contribution in [2.75, 3.05) is 6.61 Å². The van der Waals surface area contributed by atoms with Crippen molar-refractivity contribution in [1.82, 2.24) is 5.48 Å². The molecular weight excluding hydrogens is 106 g/mol. The molecule has 0 aromatic heterocycles. The van der Waals surface area contributed by atoms with Gasteiger partial charge in [-0.1, -0.05) is 0 Å². The van der Waals surface area contributed by atoms with E-state index >= 15 is 0 Å². The highest BCUT2D eigenvalue weighted by Gasteiger charge is 2.10. The zero-order valence-electron chi connectivity index (χ0n) is 4.59. The number of hydrogen-bond acceptors (Lipinski definition) is 3. The fourth-order valence-corrected chi connectivity index (χ4v) is 0.696. The first-order valence-electron chi connectivity index (χ1n) is 2.76. The number of hydroxylamine groups is 1. The molecule has 3 heteroatoms. The Labute approximate surface area is 48.0 Å². The van der Waals surface area contributed by atoms with Gasteiger partial charge in [0.2, 0.25) is 0 Å². The lowest BCUT2D eigenvalue weighted by Gasteiger charge is -2.17. The number of nitrogens with one attached hydrogen (secondary N) is 1. The van der Waals surface area contributed by atoms with Crippen LogP contribution >= 0.6 is 0 Å². The highest BCUT2D eigenvalue weighted by atomic mass is 16.6. The van der Waals surface area contributed by atoms with Crippen molar-refractivity contribution in [2.24, 2.45) is 0 Å². The van der Waals surface area contributed by atoms with Crippen LogP contribution in [-0.4, -0.2) is 18.9 Å². The molecule has 1 atom stereocenters. The summed E-state index contributed by atoms with van der Waals surface area (Å²) in [6, 6.07) is -0.0660. The fourth-order valence-electron chi connectivity index (χ4n) is 0.696. The van der Waals surface area contributed by atoms with E-state index in [1.165, 1.54) is 0 Å². The summed E-state index contributed by atoms with van der Waals surface area (Å²) in [7, 11) is 0. The summed E-state index contributed by atoms with van der Waals surface area (Å²) in [5.41, 5.74) is 2.60. The van der Waals surface area contributed by atoms with Gasteiger partial charge in [-0.2, -0.15) is 5.48 Å². The van der Waals surface area contributed by atoms with Crippen LogP contribution in [0.5, 0.6) is 0 Å². The summed E-state index contributed by atoms with van der Waals surface area (Å²) in [5, 5.41) is 0. The van der Waals surface area contributed by atoms with Crippen LogP contribution in [0, 0.1) is 0 Å². The summed E-state index contributed by atoms with van der Waals surface area (Å²) >= 11 is 0. The standard InChI is InChI=1S/C5H9NO2/c7-4-5-2-1-3-8-6-5/h4-6H,1-3H2.